The van der Waals surface area contributed by atoms with E-state index in [0.717, 1.165) is 44.8 Å². The van der Waals surface area contributed by atoms with Gasteiger partial charge in [0.05, 0.1) is 16.9 Å². The lowest BCUT2D eigenvalue weighted by Gasteiger charge is -2.16. The zero-order valence-electron chi connectivity index (χ0n) is 19.8. The van der Waals surface area contributed by atoms with E-state index in [1.807, 2.05) is 12.3 Å². The molecule has 0 radical (unpaired) electrons. The van der Waals surface area contributed by atoms with E-state index in [1.165, 1.54) is 36.9 Å². The number of hydrogen-bond acceptors (Lipinski definition) is 7. The number of aryl methyl sites for hydroxylation is 1. The quantitative estimate of drug-likeness (QED) is 0.287. The number of pyridine rings is 1. The maximum Gasteiger partial charge on any atom is 0.305 e. The molecule has 1 aromatic carbocycles. The molecular weight excluding hydrogens is 476 g/mol. The first kappa shape index (κ1) is 27.9. The third-order valence-corrected chi connectivity index (χ3v) is 8.28. The number of carbonyl (C=O) groups excluding carboxylic acids is 1. The van der Waals surface area contributed by atoms with E-state index in [1.54, 1.807) is 6.20 Å². The average molecular weight is 511 g/mol. The zero-order valence-corrected chi connectivity index (χ0v) is 21.4. The molecular formula is C24H34N2O6S2. The number of hydrogen-bond donors (Lipinski definition) is 1. The van der Waals surface area contributed by atoms with E-state index in [-0.39, 0.29) is 22.3 Å². The molecule has 1 heterocycles. The molecule has 34 heavy (non-hydrogen) atoms. The second-order valence-electron chi connectivity index (χ2n) is 8.37. The molecule has 0 amide bonds. The first-order valence-corrected chi connectivity index (χ1v) is 14.7. The lowest BCUT2D eigenvalue weighted by Crippen LogP contribution is -2.25. The summed E-state index contributed by atoms with van der Waals surface area (Å²) < 4.78 is 55.3. The Bertz CT molecular complexity index is 1100. The lowest BCUT2D eigenvalue weighted by molar-refractivity contribution is -0.141. The number of sulfonamides is 1. The highest BCUT2D eigenvalue weighted by atomic mass is 32.2. The Morgan fingerprint density at radius 1 is 0.971 bits per heavy atom. The van der Waals surface area contributed by atoms with E-state index in [4.69, 9.17) is 4.74 Å². The molecule has 188 valence electrons. The Balaban J connectivity index is 1.79. The van der Waals surface area contributed by atoms with Crippen LogP contribution in [0.2, 0.25) is 0 Å². The van der Waals surface area contributed by atoms with E-state index in [9.17, 15) is 21.6 Å². The molecule has 2 rings (SSSR count). The third-order valence-electron chi connectivity index (χ3n) is 5.68. The van der Waals surface area contributed by atoms with Crippen molar-refractivity contribution in [1.82, 2.24) is 9.71 Å². The number of aromatic nitrogens is 1. The van der Waals surface area contributed by atoms with Crippen molar-refractivity contribution in [3.8, 4) is 0 Å². The molecule has 0 fully saturated rings. The second kappa shape index (κ2) is 13.6. The smallest absolute Gasteiger partial charge is 0.305 e. The van der Waals surface area contributed by atoms with Gasteiger partial charge >= 0.3 is 5.97 Å². The number of nitrogens with one attached hydrogen (secondary N) is 1. The predicted molar refractivity (Wildman–Crippen MR) is 131 cm³/mol. The Labute approximate surface area is 203 Å². The van der Waals surface area contributed by atoms with Crippen LogP contribution in [0, 0.1) is 5.92 Å². The van der Waals surface area contributed by atoms with Crippen LogP contribution in [0.4, 0.5) is 0 Å². The Hall–Kier alpha value is -2.30. The molecule has 1 aromatic heterocycles. The predicted octanol–water partition coefficient (Wildman–Crippen LogP) is 3.53. The summed E-state index contributed by atoms with van der Waals surface area (Å²) in [7, 11) is -5.69. The van der Waals surface area contributed by atoms with Crippen LogP contribution in [0.15, 0.2) is 58.6 Å². The molecule has 0 saturated heterocycles. The summed E-state index contributed by atoms with van der Waals surface area (Å²) in [4.78, 5) is 15.8. The molecule has 2 aromatic rings. The largest absolute Gasteiger partial charge is 0.469 e. The number of rotatable bonds is 15. The molecule has 1 atom stereocenters. The van der Waals surface area contributed by atoms with Crippen molar-refractivity contribution in [2.45, 2.75) is 61.2 Å². The van der Waals surface area contributed by atoms with E-state index >= 15 is 0 Å². The molecule has 1 unspecified atom stereocenters. The van der Waals surface area contributed by atoms with Gasteiger partial charge in [-0.15, -0.1) is 0 Å². The summed E-state index contributed by atoms with van der Waals surface area (Å²) in [6.07, 6.45) is 11.1. The van der Waals surface area contributed by atoms with Gasteiger partial charge in [0.2, 0.25) is 10.0 Å². The van der Waals surface area contributed by atoms with Crippen LogP contribution >= 0.6 is 0 Å². The number of benzene rings is 1. The van der Waals surface area contributed by atoms with Crippen molar-refractivity contribution >= 4 is 25.8 Å². The van der Waals surface area contributed by atoms with Gasteiger partial charge < -0.3 is 4.74 Å². The Morgan fingerprint density at radius 3 is 2.26 bits per heavy atom. The summed E-state index contributed by atoms with van der Waals surface area (Å²) in [5.74, 6) is 0.142. The molecule has 10 heteroatoms. The van der Waals surface area contributed by atoms with E-state index in [2.05, 4.69) is 15.8 Å². The van der Waals surface area contributed by atoms with Crippen molar-refractivity contribution in [2.24, 2.45) is 5.92 Å². The maximum absolute atomic E-state index is 12.5. The fraction of sp³-hybridized carbons (Fsp3) is 0.500. The summed E-state index contributed by atoms with van der Waals surface area (Å²) in [5.41, 5.74) is 1.19. The van der Waals surface area contributed by atoms with Gasteiger partial charge in [0.25, 0.3) is 0 Å². The number of unbranched alkanes of at least 4 members (excludes halogenated alkanes) is 1. The molecule has 0 bridgehead atoms. The van der Waals surface area contributed by atoms with Gasteiger partial charge in [-0.05, 0) is 67.5 Å². The Morgan fingerprint density at radius 2 is 1.65 bits per heavy atom. The fourth-order valence-electron chi connectivity index (χ4n) is 3.71. The molecule has 8 nitrogen and oxygen atoms in total. The summed E-state index contributed by atoms with van der Waals surface area (Å²) in [6.45, 7) is 0.287. The van der Waals surface area contributed by atoms with Gasteiger partial charge in [-0.1, -0.05) is 25.3 Å². The van der Waals surface area contributed by atoms with Crippen LogP contribution in [0.5, 0.6) is 0 Å². The third kappa shape index (κ3) is 9.90. The summed E-state index contributed by atoms with van der Waals surface area (Å²) in [6, 6.07) is 9.15. The minimum atomic E-state index is -3.70. The van der Waals surface area contributed by atoms with Crippen molar-refractivity contribution in [3.63, 3.8) is 0 Å². The molecule has 1 N–H and O–H groups in total. The first-order chi connectivity index (χ1) is 16.1. The summed E-state index contributed by atoms with van der Waals surface area (Å²) >= 11 is 0. The topological polar surface area (TPSA) is 119 Å². The molecule has 0 aliphatic carbocycles. The van der Waals surface area contributed by atoms with Gasteiger partial charge in [0.1, 0.15) is 0 Å². The van der Waals surface area contributed by atoms with Crippen molar-refractivity contribution in [2.75, 3.05) is 19.9 Å². The first-order valence-electron chi connectivity index (χ1n) is 11.4. The van der Waals surface area contributed by atoms with Crippen molar-refractivity contribution in [1.29, 1.82) is 0 Å². The fourth-order valence-corrected chi connectivity index (χ4v) is 5.42. The van der Waals surface area contributed by atoms with Gasteiger partial charge in [-0.3, -0.25) is 9.78 Å². The molecule has 0 spiro atoms. The molecule has 0 saturated carbocycles. The normalized spacial score (nSPS) is 12.9. The van der Waals surface area contributed by atoms with Crippen LogP contribution in [0.1, 0.15) is 50.5 Å². The van der Waals surface area contributed by atoms with E-state index in [0.29, 0.717) is 18.8 Å². The monoisotopic (exact) mass is 510 g/mol. The van der Waals surface area contributed by atoms with Crippen LogP contribution in [-0.4, -0.2) is 47.7 Å². The van der Waals surface area contributed by atoms with Gasteiger partial charge in [-0.2, -0.15) is 0 Å². The number of methoxy groups -OCH3 is 1. The number of nitrogens with zero attached hydrogens (tertiary/aromatic N) is 1. The van der Waals surface area contributed by atoms with Crippen LogP contribution in [-0.2, 0) is 35.8 Å². The van der Waals surface area contributed by atoms with Crippen molar-refractivity contribution in [3.05, 3.63) is 54.4 Å². The van der Waals surface area contributed by atoms with Gasteiger partial charge in [0, 0.05) is 31.6 Å². The molecule has 0 aliphatic heterocycles. The highest BCUT2D eigenvalue weighted by Crippen LogP contribution is 2.22. The standard InChI is InChI=1S/C24H34N2O6S2/c1-32-24(27)16-11-20(8-5-9-21-10-6-17-25-19-21)7-3-4-18-26-34(30,31)23-14-12-22(13-15-23)33(2,28)29/h6,10,12-15,17,19-20,26H,3-5,7-9,11,16,18H2,1-2H3. The Kier molecular flexibility index (Phi) is 11.1. The van der Waals surface area contributed by atoms with Crippen LogP contribution in [0.25, 0.3) is 0 Å². The van der Waals surface area contributed by atoms with E-state index < -0.39 is 19.9 Å². The number of esters is 1. The lowest BCUT2D eigenvalue weighted by atomic mass is 9.91. The van der Waals surface area contributed by atoms with Gasteiger partial charge in [0.15, 0.2) is 9.84 Å². The maximum atomic E-state index is 12.5. The second-order valence-corrected chi connectivity index (χ2v) is 12.2. The number of sulfone groups is 1. The molecule has 0 aliphatic rings. The number of carbonyl (C=O) groups is 1. The minimum absolute atomic E-state index is 0.0336. The SMILES string of the molecule is COC(=O)CCC(CCCCNS(=O)(=O)c1ccc(S(C)(=O)=O)cc1)CCCc1cccnc1. The zero-order chi connectivity index (χ0) is 25.0. The summed E-state index contributed by atoms with van der Waals surface area (Å²) in [5, 5.41) is 0. The van der Waals surface area contributed by atoms with Crippen LogP contribution in [0.3, 0.4) is 0 Å². The van der Waals surface area contributed by atoms with Gasteiger partial charge in [-0.25, -0.2) is 21.6 Å². The minimum Gasteiger partial charge on any atom is -0.469 e. The van der Waals surface area contributed by atoms with Crippen molar-refractivity contribution < 1.29 is 26.4 Å². The van der Waals surface area contributed by atoms with Crippen LogP contribution < -0.4 is 4.72 Å². The highest BCUT2D eigenvalue weighted by Gasteiger charge is 2.16. The highest BCUT2D eigenvalue weighted by molar-refractivity contribution is 7.90. The average Bonchev–Trinajstić information content (AvgIpc) is 2.81. The number of ether oxygens (including phenoxy) is 1.